The molecule has 1 amide bonds. The summed E-state index contributed by atoms with van der Waals surface area (Å²) in [6, 6.07) is 12.8. The van der Waals surface area contributed by atoms with E-state index in [2.05, 4.69) is 9.98 Å². The highest BCUT2D eigenvalue weighted by atomic mass is 16.7. The first-order valence-electron chi connectivity index (χ1n) is 10.7. The Labute approximate surface area is 188 Å². The molecule has 1 aliphatic rings. The third kappa shape index (κ3) is 4.72. The number of nitrogens with one attached hydrogen (secondary N) is 1. The van der Waals surface area contributed by atoms with Crippen molar-refractivity contribution in [3.05, 3.63) is 66.0 Å². The number of aromatic nitrogens is 2. The van der Waals surface area contributed by atoms with Gasteiger partial charge < -0.3 is 20.2 Å². The maximum absolute atomic E-state index is 11.4. The summed E-state index contributed by atoms with van der Waals surface area (Å²) in [5.41, 5.74) is 10.0. The standard InChI is InChI=1S/C23H22N4O3.C2H6/c1-3-11-25-17(4-2)21-20(16-9-10-18-19(12-16)30-13-29-18)26-23(27-21)15-7-5-14(6-8-15)22(24)28;1-2/h3,5-12H,4,13H2,1-2H3,(H2,24,28)(H,26,27);1-2H3/b11-3-,25-17?;. The highest BCUT2D eigenvalue weighted by Gasteiger charge is 2.20. The molecule has 0 fully saturated rings. The fourth-order valence-corrected chi connectivity index (χ4v) is 3.26. The minimum Gasteiger partial charge on any atom is -0.454 e. The average Bonchev–Trinajstić information content (AvgIpc) is 3.48. The molecule has 3 aromatic rings. The number of aromatic amines is 1. The largest absolute Gasteiger partial charge is 0.454 e. The van der Waals surface area contributed by atoms with Gasteiger partial charge in [0.2, 0.25) is 12.7 Å². The molecule has 7 heteroatoms. The number of imidazole rings is 1. The number of nitrogens with zero attached hydrogens (tertiary/aromatic N) is 2. The van der Waals surface area contributed by atoms with Crippen LogP contribution in [0.5, 0.6) is 11.5 Å². The van der Waals surface area contributed by atoms with Crippen molar-refractivity contribution in [3.8, 4) is 34.1 Å². The topological polar surface area (TPSA) is 103 Å². The van der Waals surface area contributed by atoms with E-state index in [1.54, 1.807) is 18.3 Å². The lowest BCUT2D eigenvalue weighted by atomic mass is 10.1. The van der Waals surface area contributed by atoms with Gasteiger partial charge in [0.25, 0.3) is 0 Å². The number of ether oxygens (including phenoxy) is 2. The predicted octanol–water partition coefficient (Wildman–Crippen LogP) is 5.33. The molecule has 0 radical (unpaired) electrons. The van der Waals surface area contributed by atoms with Gasteiger partial charge in [-0.2, -0.15) is 0 Å². The Morgan fingerprint density at radius 1 is 1.12 bits per heavy atom. The van der Waals surface area contributed by atoms with Crippen LogP contribution >= 0.6 is 0 Å². The Hall–Kier alpha value is -3.87. The minimum atomic E-state index is -0.463. The van der Waals surface area contributed by atoms with Crippen molar-refractivity contribution < 1.29 is 14.3 Å². The smallest absolute Gasteiger partial charge is 0.248 e. The lowest BCUT2D eigenvalue weighted by Gasteiger charge is -2.05. The second-order valence-electron chi connectivity index (χ2n) is 6.73. The average molecular weight is 433 g/mol. The van der Waals surface area contributed by atoms with E-state index in [4.69, 9.17) is 20.2 Å². The van der Waals surface area contributed by atoms with Crippen LogP contribution in [0.4, 0.5) is 0 Å². The number of allylic oxidation sites excluding steroid dienone is 1. The Balaban J connectivity index is 0.00000141. The maximum Gasteiger partial charge on any atom is 0.248 e. The molecule has 4 rings (SSSR count). The molecule has 1 aliphatic heterocycles. The molecule has 1 aromatic heterocycles. The molecular weight excluding hydrogens is 404 g/mol. The van der Waals surface area contributed by atoms with E-state index < -0.39 is 5.91 Å². The van der Waals surface area contributed by atoms with Crippen LogP contribution in [0.1, 0.15) is 50.2 Å². The van der Waals surface area contributed by atoms with Gasteiger partial charge in [-0.1, -0.05) is 39.0 Å². The van der Waals surface area contributed by atoms with Gasteiger partial charge in [0.15, 0.2) is 11.5 Å². The van der Waals surface area contributed by atoms with Gasteiger partial charge in [-0.3, -0.25) is 9.79 Å². The summed E-state index contributed by atoms with van der Waals surface area (Å²) in [5, 5.41) is 0. The first-order chi connectivity index (χ1) is 15.6. The number of carbonyl (C=O) groups is 1. The number of rotatable bonds is 6. The number of hydrogen-bond acceptors (Lipinski definition) is 5. The van der Waals surface area contributed by atoms with Crippen molar-refractivity contribution in [2.75, 3.05) is 6.79 Å². The van der Waals surface area contributed by atoms with Gasteiger partial charge >= 0.3 is 0 Å². The first kappa shape index (κ1) is 22.8. The Bertz CT molecular complexity index is 1140. The third-order valence-electron chi connectivity index (χ3n) is 4.80. The minimum absolute atomic E-state index is 0.215. The van der Waals surface area contributed by atoms with Crippen LogP contribution in [0.2, 0.25) is 0 Å². The molecule has 0 spiro atoms. The quantitative estimate of drug-likeness (QED) is 0.514. The molecule has 2 aromatic carbocycles. The molecule has 0 bridgehead atoms. The number of hydrogen-bond donors (Lipinski definition) is 2. The highest BCUT2D eigenvalue weighted by molar-refractivity contribution is 6.04. The SMILES string of the molecule is C/C=C\N=C(CC)c1[nH]c(-c2ccc(C(N)=O)cc2)nc1-c1ccc2c(c1)OCO2.CC. The molecule has 0 aliphatic carbocycles. The molecule has 166 valence electrons. The number of benzene rings is 2. The van der Waals surface area contributed by atoms with Crippen LogP contribution in [0, 0.1) is 0 Å². The van der Waals surface area contributed by atoms with Crippen LogP contribution in [-0.4, -0.2) is 28.4 Å². The summed E-state index contributed by atoms with van der Waals surface area (Å²) in [5.74, 6) is 1.62. The summed E-state index contributed by atoms with van der Waals surface area (Å²) in [7, 11) is 0. The third-order valence-corrected chi connectivity index (χ3v) is 4.80. The number of fused-ring (bicyclic) bond motifs is 1. The molecule has 3 N–H and O–H groups in total. The molecular formula is C25H28N4O3. The van der Waals surface area contributed by atoms with Gasteiger partial charge in [-0.15, -0.1) is 0 Å². The number of H-pyrrole nitrogens is 1. The van der Waals surface area contributed by atoms with Crippen LogP contribution in [0.3, 0.4) is 0 Å². The molecule has 0 saturated carbocycles. The Kier molecular flexibility index (Phi) is 7.44. The van der Waals surface area contributed by atoms with Crippen LogP contribution in [0.15, 0.2) is 59.7 Å². The van der Waals surface area contributed by atoms with Crippen LogP contribution in [0.25, 0.3) is 22.6 Å². The monoisotopic (exact) mass is 432 g/mol. The summed E-state index contributed by atoms with van der Waals surface area (Å²) in [4.78, 5) is 24.2. The van der Waals surface area contributed by atoms with Crippen molar-refractivity contribution in [1.82, 2.24) is 9.97 Å². The van der Waals surface area contributed by atoms with Gasteiger partial charge in [0.05, 0.1) is 17.1 Å². The molecule has 7 nitrogen and oxygen atoms in total. The van der Waals surface area contributed by atoms with E-state index >= 15 is 0 Å². The summed E-state index contributed by atoms with van der Waals surface area (Å²) >= 11 is 0. The zero-order valence-corrected chi connectivity index (χ0v) is 18.8. The maximum atomic E-state index is 11.4. The summed E-state index contributed by atoms with van der Waals surface area (Å²) in [6.45, 7) is 8.19. The van der Waals surface area contributed by atoms with Crippen molar-refractivity contribution in [3.63, 3.8) is 0 Å². The van der Waals surface area contributed by atoms with Crippen LogP contribution < -0.4 is 15.2 Å². The van der Waals surface area contributed by atoms with Crippen molar-refractivity contribution in [2.45, 2.75) is 34.1 Å². The molecule has 2 heterocycles. The van der Waals surface area contributed by atoms with Crippen molar-refractivity contribution >= 4 is 11.6 Å². The van der Waals surface area contributed by atoms with E-state index in [1.165, 1.54) is 0 Å². The highest BCUT2D eigenvalue weighted by Crippen LogP contribution is 2.37. The fourth-order valence-electron chi connectivity index (χ4n) is 3.26. The zero-order chi connectivity index (χ0) is 23.1. The van der Waals surface area contributed by atoms with Crippen molar-refractivity contribution in [1.29, 1.82) is 0 Å². The van der Waals surface area contributed by atoms with E-state index in [9.17, 15) is 4.79 Å². The number of nitrogens with two attached hydrogens (primary N) is 1. The second-order valence-corrected chi connectivity index (χ2v) is 6.73. The normalized spacial score (nSPS) is 12.6. The fraction of sp³-hybridized carbons (Fsp3) is 0.240. The summed E-state index contributed by atoms with van der Waals surface area (Å²) < 4.78 is 11.0. The lowest BCUT2D eigenvalue weighted by Crippen LogP contribution is -2.10. The summed E-state index contributed by atoms with van der Waals surface area (Å²) in [6.07, 6.45) is 4.38. The molecule has 32 heavy (non-hydrogen) atoms. The number of primary amides is 1. The van der Waals surface area contributed by atoms with Crippen molar-refractivity contribution in [2.24, 2.45) is 10.7 Å². The predicted molar refractivity (Wildman–Crippen MR) is 127 cm³/mol. The molecule has 0 atom stereocenters. The van der Waals surface area contributed by atoms with E-state index in [-0.39, 0.29) is 6.79 Å². The lowest BCUT2D eigenvalue weighted by molar-refractivity contribution is 0.100. The van der Waals surface area contributed by atoms with E-state index in [0.29, 0.717) is 17.1 Å². The Morgan fingerprint density at radius 2 is 1.81 bits per heavy atom. The number of aliphatic imine (C=N–C) groups is 1. The second kappa shape index (κ2) is 10.4. The van der Waals surface area contributed by atoms with Crippen LogP contribution in [-0.2, 0) is 0 Å². The molecule has 0 saturated heterocycles. The van der Waals surface area contributed by atoms with E-state index in [0.717, 1.165) is 40.4 Å². The molecule has 0 unspecified atom stereocenters. The van der Waals surface area contributed by atoms with Gasteiger partial charge in [0, 0.05) is 22.9 Å². The number of amides is 1. The van der Waals surface area contributed by atoms with Gasteiger partial charge in [-0.05, 0) is 43.7 Å². The zero-order valence-electron chi connectivity index (χ0n) is 18.8. The number of carbonyl (C=O) groups excluding carboxylic acids is 1. The first-order valence-corrected chi connectivity index (χ1v) is 10.7. The van der Waals surface area contributed by atoms with Gasteiger partial charge in [0.1, 0.15) is 5.82 Å². The van der Waals surface area contributed by atoms with E-state index in [1.807, 2.05) is 64.1 Å². The van der Waals surface area contributed by atoms with Gasteiger partial charge in [-0.25, -0.2) is 4.98 Å². The Morgan fingerprint density at radius 3 is 2.47 bits per heavy atom.